The molecule has 1 aromatic heterocycles. The van der Waals surface area contributed by atoms with E-state index in [1.165, 1.54) is 19.3 Å². The average Bonchev–Trinajstić information content (AvgIpc) is 2.94. The van der Waals surface area contributed by atoms with Gasteiger partial charge in [0.15, 0.2) is 0 Å². The molecule has 1 aromatic rings. The van der Waals surface area contributed by atoms with E-state index in [1.807, 2.05) is 4.68 Å². The van der Waals surface area contributed by atoms with Gasteiger partial charge in [0.2, 0.25) is 5.16 Å². The first-order valence-corrected chi connectivity index (χ1v) is 8.36. The molecule has 1 heterocycles. The summed E-state index contributed by atoms with van der Waals surface area (Å²) in [7, 11) is 3.50. The first-order chi connectivity index (χ1) is 10.3. The highest BCUT2D eigenvalue weighted by molar-refractivity contribution is 7.99. The Kier molecular flexibility index (Phi) is 7.42. The van der Waals surface area contributed by atoms with Crippen LogP contribution in [0.25, 0.3) is 0 Å². The van der Waals surface area contributed by atoms with Crippen LogP contribution in [0.1, 0.15) is 25.7 Å². The van der Waals surface area contributed by atoms with Crippen molar-refractivity contribution in [3.63, 3.8) is 0 Å². The molecule has 0 bridgehead atoms. The van der Waals surface area contributed by atoms with Crippen LogP contribution in [0.2, 0.25) is 0 Å². The van der Waals surface area contributed by atoms with Gasteiger partial charge in [-0.1, -0.05) is 11.8 Å². The lowest BCUT2D eigenvalue weighted by Gasteiger charge is -2.27. The maximum absolute atomic E-state index is 5.48. The Morgan fingerprint density at radius 2 is 2.24 bits per heavy atom. The van der Waals surface area contributed by atoms with E-state index in [9.17, 15) is 0 Å². The minimum absolute atomic E-state index is 0.385. The van der Waals surface area contributed by atoms with Crippen molar-refractivity contribution in [1.82, 2.24) is 25.5 Å². The number of methoxy groups -OCH3 is 2. The minimum atomic E-state index is 0.385. The highest BCUT2D eigenvalue weighted by Crippen LogP contribution is 2.33. The fourth-order valence-corrected chi connectivity index (χ4v) is 3.70. The van der Waals surface area contributed by atoms with E-state index in [1.54, 1.807) is 26.0 Å². The Hall–Kier alpha value is -0.700. The summed E-state index contributed by atoms with van der Waals surface area (Å²) >= 11 is 1.78. The summed E-state index contributed by atoms with van der Waals surface area (Å²) < 4.78 is 12.4. The fourth-order valence-electron chi connectivity index (χ4n) is 2.48. The molecular weight excluding hydrogens is 290 g/mol. The first kappa shape index (κ1) is 16.7. The summed E-state index contributed by atoms with van der Waals surface area (Å²) in [6.07, 6.45) is 5.07. The smallest absolute Gasteiger partial charge is 0.209 e. The van der Waals surface area contributed by atoms with Gasteiger partial charge < -0.3 is 14.8 Å². The van der Waals surface area contributed by atoms with Gasteiger partial charge >= 0.3 is 0 Å². The third-order valence-electron chi connectivity index (χ3n) is 3.67. The second-order valence-corrected chi connectivity index (χ2v) is 6.46. The Morgan fingerprint density at radius 1 is 1.33 bits per heavy atom. The highest BCUT2D eigenvalue weighted by Gasteiger charge is 2.24. The molecule has 0 radical (unpaired) electrons. The van der Waals surface area contributed by atoms with Gasteiger partial charge in [-0.15, -0.1) is 5.10 Å². The van der Waals surface area contributed by atoms with Crippen LogP contribution in [-0.4, -0.2) is 65.5 Å². The topological polar surface area (TPSA) is 74.1 Å². The fraction of sp³-hybridized carbons (Fsp3) is 0.923. The zero-order valence-corrected chi connectivity index (χ0v) is 13.6. The van der Waals surface area contributed by atoms with E-state index in [4.69, 9.17) is 9.47 Å². The van der Waals surface area contributed by atoms with E-state index in [2.05, 4.69) is 20.8 Å². The summed E-state index contributed by atoms with van der Waals surface area (Å²) in [6.45, 7) is 3.18. The van der Waals surface area contributed by atoms with Crippen LogP contribution >= 0.6 is 11.8 Å². The first-order valence-electron chi connectivity index (χ1n) is 7.48. The normalized spacial score (nSPS) is 22.6. The lowest BCUT2D eigenvalue weighted by molar-refractivity contribution is 0.0730. The van der Waals surface area contributed by atoms with Crippen molar-refractivity contribution in [3.8, 4) is 0 Å². The summed E-state index contributed by atoms with van der Waals surface area (Å²) in [5, 5.41) is 16.8. The highest BCUT2D eigenvalue weighted by atomic mass is 32.2. The van der Waals surface area contributed by atoms with Gasteiger partial charge in [0.05, 0.1) is 19.3 Å². The average molecular weight is 315 g/mol. The van der Waals surface area contributed by atoms with Crippen LogP contribution in [0.5, 0.6) is 0 Å². The summed E-state index contributed by atoms with van der Waals surface area (Å²) in [5.41, 5.74) is 0. The van der Waals surface area contributed by atoms with Crippen LogP contribution in [0.15, 0.2) is 5.16 Å². The van der Waals surface area contributed by atoms with Crippen molar-refractivity contribution in [2.45, 2.75) is 48.7 Å². The molecule has 0 aromatic carbocycles. The minimum Gasteiger partial charge on any atom is -0.383 e. The Bertz CT molecular complexity index is 404. The van der Waals surface area contributed by atoms with Crippen LogP contribution in [0.4, 0.5) is 0 Å². The van der Waals surface area contributed by atoms with Gasteiger partial charge in [0.1, 0.15) is 0 Å². The van der Waals surface area contributed by atoms with E-state index < -0.39 is 0 Å². The van der Waals surface area contributed by atoms with Crippen LogP contribution in [-0.2, 0) is 16.0 Å². The predicted octanol–water partition coefficient (Wildman–Crippen LogP) is 0.959. The molecule has 2 rings (SSSR count). The predicted molar refractivity (Wildman–Crippen MR) is 81.5 cm³/mol. The van der Waals surface area contributed by atoms with Gasteiger partial charge in [-0.2, -0.15) is 0 Å². The van der Waals surface area contributed by atoms with Crippen molar-refractivity contribution in [2.75, 3.05) is 33.9 Å². The zero-order valence-electron chi connectivity index (χ0n) is 12.8. The second-order valence-electron chi connectivity index (χ2n) is 5.19. The van der Waals surface area contributed by atoms with Crippen molar-refractivity contribution < 1.29 is 9.47 Å². The molecule has 0 amide bonds. The number of ether oxygens (including phenoxy) is 2. The van der Waals surface area contributed by atoms with Gasteiger partial charge in [-0.3, -0.25) is 0 Å². The van der Waals surface area contributed by atoms with Crippen LogP contribution in [0.3, 0.4) is 0 Å². The van der Waals surface area contributed by atoms with Crippen molar-refractivity contribution in [3.05, 3.63) is 0 Å². The lowest BCUT2D eigenvalue weighted by atomic mass is 9.97. The molecule has 0 saturated heterocycles. The summed E-state index contributed by atoms with van der Waals surface area (Å²) in [4.78, 5) is 0. The molecule has 120 valence electrons. The molecule has 7 nitrogen and oxygen atoms in total. The van der Waals surface area contributed by atoms with Gasteiger partial charge in [-0.05, 0) is 36.1 Å². The summed E-state index contributed by atoms with van der Waals surface area (Å²) in [5.74, 6) is 0. The molecular formula is C13H25N5O2S. The molecule has 0 aliphatic heterocycles. The van der Waals surface area contributed by atoms with Crippen LogP contribution in [0, 0.1) is 0 Å². The maximum Gasteiger partial charge on any atom is 0.209 e. The van der Waals surface area contributed by atoms with E-state index in [0.29, 0.717) is 11.4 Å². The molecule has 2 unspecified atom stereocenters. The largest absolute Gasteiger partial charge is 0.383 e. The number of tetrazole rings is 1. The maximum atomic E-state index is 5.48. The Labute approximate surface area is 130 Å². The number of nitrogens with one attached hydrogen (secondary N) is 1. The van der Waals surface area contributed by atoms with Gasteiger partial charge in [0.25, 0.3) is 0 Å². The van der Waals surface area contributed by atoms with Crippen molar-refractivity contribution >= 4 is 11.8 Å². The second kappa shape index (κ2) is 9.34. The van der Waals surface area contributed by atoms with E-state index in [0.717, 1.165) is 37.8 Å². The van der Waals surface area contributed by atoms with Crippen molar-refractivity contribution in [2.24, 2.45) is 0 Å². The quantitative estimate of drug-likeness (QED) is 0.680. The molecule has 8 heteroatoms. The Morgan fingerprint density at radius 3 is 3.05 bits per heavy atom. The third kappa shape index (κ3) is 5.54. The number of hydrogen-bond acceptors (Lipinski definition) is 7. The SMILES string of the molecule is COCCNCCn1nnnc1SC1CCCC(OC)C1. The molecule has 21 heavy (non-hydrogen) atoms. The van der Waals surface area contributed by atoms with Crippen LogP contribution < -0.4 is 5.32 Å². The number of nitrogens with zero attached hydrogens (tertiary/aromatic N) is 4. The summed E-state index contributed by atoms with van der Waals surface area (Å²) in [6, 6.07) is 0. The standard InChI is InChI=1S/C13H25N5O2S/c1-19-9-7-14-6-8-18-13(15-16-17-18)21-12-5-3-4-11(10-12)20-2/h11-12,14H,3-10H2,1-2H3. The zero-order chi connectivity index (χ0) is 14.9. The Balaban J connectivity index is 1.77. The number of aromatic nitrogens is 4. The molecule has 1 saturated carbocycles. The van der Waals surface area contributed by atoms with Gasteiger partial charge in [-0.25, -0.2) is 4.68 Å². The monoisotopic (exact) mass is 315 g/mol. The molecule has 0 spiro atoms. The molecule has 1 N–H and O–H groups in total. The van der Waals surface area contributed by atoms with Gasteiger partial charge in [0, 0.05) is 32.6 Å². The molecule has 1 fully saturated rings. The number of thioether (sulfide) groups is 1. The molecule has 1 aliphatic carbocycles. The third-order valence-corrected chi connectivity index (χ3v) is 4.93. The molecule has 1 aliphatic rings. The molecule has 2 atom stereocenters. The number of rotatable bonds is 9. The van der Waals surface area contributed by atoms with Crippen molar-refractivity contribution in [1.29, 1.82) is 0 Å². The van der Waals surface area contributed by atoms with E-state index in [-0.39, 0.29) is 0 Å². The number of hydrogen-bond donors (Lipinski definition) is 1. The van der Waals surface area contributed by atoms with E-state index >= 15 is 0 Å². The lowest BCUT2D eigenvalue weighted by Crippen LogP contribution is -2.25.